The highest BCUT2D eigenvalue weighted by atomic mass is 32.2. The Morgan fingerprint density at radius 2 is 1.22 bits per heavy atom. The summed E-state index contributed by atoms with van der Waals surface area (Å²) in [6, 6.07) is 29.0. The summed E-state index contributed by atoms with van der Waals surface area (Å²) in [7, 11) is 3.76. The summed E-state index contributed by atoms with van der Waals surface area (Å²) >= 11 is 7.06. The van der Waals surface area contributed by atoms with E-state index in [1.165, 1.54) is 68.7 Å². The molecule has 13 aromatic heterocycles. The number of aryl methyl sites for hydroxylation is 2. The summed E-state index contributed by atoms with van der Waals surface area (Å²) in [6.45, 7) is 15.0. The van der Waals surface area contributed by atoms with Crippen molar-refractivity contribution in [1.29, 1.82) is 0 Å². The van der Waals surface area contributed by atoms with Gasteiger partial charge in [-0.1, -0.05) is 91.5 Å². The minimum absolute atomic E-state index is 0.0741. The first kappa shape index (κ1) is 99.1. The van der Waals surface area contributed by atoms with E-state index in [0.29, 0.717) is 178 Å². The van der Waals surface area contributed by atoms with Crippen LogP contribution in [0.2, 0.25) is 0 Å². The fraction of sp³-hybridized carbons (Fsp3) is 0.344. The highest BCUT2D eigenvalue weighted by Crippen LogP contribution is 2.44. The van der Waals surface area contributed by atoms with E-state index in [1.807, 2.05) is 143 Å². The summed E-state index contributed by atoms with van der Waals surface area (Å²) in [5.41, 5.74) is 17.5. The van der Waals surface area contributed by atoms with Crippen LogP contribution in [0.15, 0.2) is 160 Å². The van der Waals surface area contributed by atoms with Gasteiger partial charge in [-0.05, 0) is 94.5 Å². The van der Waals surface area contributed by atoms with Gasteiger partial charge in [-0.15, -0.1) is 34.0 Å². The van der Waals surface area contributed by atoms with Gasteiger partial charge < -0.3 is 53.1 Å². The Bertz CT molecular complexity index is 7000. The number of carbonyl (C=O) groups is 1. The van der Waals surface area contributed by atoms with E-state index in [4.69, 9.17) is 58.3 Å². The van der Waals surface area contributed by atoms with E-state index in [2.05, 4.69) is 79.7 Å². The summed E-state index contributed by atoms with van der Waals surface area (Å²) < 4.78 is 109. The zero-order valence-corrected chi connectivity index (χ0v) is 84.1. The zero-order chi connectivity index (χ0) is 95.5. The number of aliphatic imine (C=N–C) groups is 1. The molecule has 5 atom stereocenters. The lowest BCUT2D eigenvalue weighted by Crippen LogP contribution is -2.37. The Kier molecular flexibility index (Phi) is 34.3. The predicted octanol–water partition coefficient (Wildman–Crippen LogP) is 15.1. The number of rotatable bonds is 32. The topological polar surface area (TPSA) is 449 Å². The lowest BCUT2D eigenvalue weighted by Gasteiger charge is -2.28. The first-order valence-electron chi connectivity index (χ1n) is 43.0. The van der Waals surface area contributed by atoms with Gasteiger partial charge in [-0.2, -0.15) is 24.9 Å². The van der Waals surface area contributed by atoms with Gasteiger partial charge in [0.2, 0.25) is 5.95 Å². The van der Waals surface area contributed by atoms with E-state index in [1.54, 1.807) is 64.9 Å². The van der Waals surface area contributed by atoms with Gasteiger partial charge in [-0.3, -0.25) is 31.2 Å². The molecule has 136 heavy (non-hydrogen) atoms. The molecule has 46 heteroatoms. The molecule has 0 bridgehead atoms. The maximum atomic E-state index is 12.7. The van der Waals surface area contributed by atoms with Gasteiger partial charge in [0.05, 0.1) is 123 Å². The van der Waals surface area contributed by atoms with E-state index >= 15 is 0 Å². The Labute approximate surface area is 815 Å². The number of benzene rings is 3. The fourth-order valence-electron chi connectivity index (χ4n) is 13.3. The molecule has 0 radical (unpaired) electrons. The third-order valence-electron chi connectivity index (χ3n) is 20.1. The highest BCUT2D eigenvalue weighted by Gasteiger charge is 2.34. The molecule has 1 saturated heterocycles. The molecule has 36 nitrogen and oxygen atoms in total. The number of pyridine rings is 1. The molecule has 5 unspecified atom stereocenters. The van der Waals surface area contributed by atoms with E-state index < -0.39 is 54.0 Å². The van der Waals surface area contributed by atoms with Crippen molar-refractivity contribution >= 4 is 181 Å². The maximum Gasteiger partial charge on any atom is 0.318 e. The van der Waals surface area contributed by atoms with Crippen LogP contribution in [0.3, 0.4) is 0 Å². The summed E-state index contributed by atoms with van der Waals surface area (Å²) in [5, 5.41) is 6.92. The molecule has 3 aromatic carbocycles. The molecule has 2 N–H and O–H groups in total. The Morgan fingerprint density at radius 1 is 0.566 bits per heavy atom. The lowest BCUT2D eigenvalue weighted by molar-refractivity contribution is 0.0823. The second-order valence-corrected chi connectivity index (χ2v) is 43.5. The number of hydrogen-bond donors (Lipinski definition) is 1. The van der Waals surface area contributed by atoms with Gasteiger partial charge in [0.25, 0.3) is 16.8 Å². The number of anilines is 2. The van der Waals surface area contributed by atoms with Crippen molar-refractivity contribution in [3.63, 3.8) is 0 Å². The quantitative estimate of drug-likeness (QED) is 0.0383. The molecule has 1 amide bonds. The minimum atomic E-state index is -1.37. The number of thiophene rings is 1. The van der Waals surface area contributed by atoms with E-state index in [-0.39, 0.29) is 33.3 Å². The first-order valence-corrected chi connectivity index (χ1v) is 53.7. The minimum Gasteiger partial charge on any atom is -0.491 e. The average molecular weight is 2030 g/mol. The number of nitrogen functional groups attached to an aromatic ring is 1. The van der Waals surface area contributed by atoms with Crippen molar-refractivity contribution in [2.75, 3.05) is 136 Å². The second-order valence-electron chi connectivity index (χ2n) is 30.4. The van der Waals surface area contributed by atoms with Crippen LogP contribution >= 0.6 is 56.7 Å². The Balaban J connectivity index is 0.000000130. The number of nitrogens with two attached hydrogens (primary N) is 1. The van der Waals surface area contributed by atoms with E-state index in [9.17, 15) is 25.8 Å². The normalized spacial score (nSPS) is 14.0. The molecule has 3 aliphatic rings. The second kappa shape index (κ2) is 47.1. The molecule has 1 saturated carbocycles. The summed E-state index contributed by atoms with van der Waals surface area (Å²) in [4.78, 5) is 99.5. The zero-order valence-electron chi connectivity index (χ0n) is 76.0. The number of oxazole rings is 1. The van der Waals surface area contributed by atoms with Crippen LogP contribution in [0, 0.1) is 13.8 Å². The SMILES string of the molecule is CCCS(=O)c1nc2c(-c3cccc(OCCOC)c3)nc(-n3cnc(C)c3)nc2s1.CCCS(=O)c1nc2c(C(=O)N(C)C)nc(-c3ccc(C)cc3)nc2o1.CCCS(=O)c1sc2nc(-c3nccs3)nc(-c3ccc(OCCOC)cc3)c2c1N.COCCS(=O)C1=Nc2c(nc(OC)nc2N2CCOCC2)C1.O=S(c1nc2c(-c3ccccn3)nc(-c3nccs3)nc2s1)C1CC1. The first-order chi connectivity index (χ1) is 66.1. The molecule has 15 heterocycles. The van der Waals surface area contributed by atoms with Crippen LogP contribution in [0.25, 0.3) is 115 Å². The smallest absolute Gasteiger partial charge is 0.318 e. The summed E-state index contributed by atoms with van der Waals surface area (Å²) in [6.07, 6.45) is 13.6. The predicted molar refractivity (Wildman–Crippen MR) is 534 cm³/mol. The number of thiazole rings is 4. The van der Waals surface area contributed by atoms with Crippen molar-refractivity contribution in [2.45, 2.75) is 96.5 Å². The number of fused-ring (bicyclic) bond motifs is 5. The molecule has 2 fully saturated rings. The Hall–Kier alpha value is -11.4. The van der Waals surface area contributed by atoms with Crippen LogP contribution in [-0.4, -0.2) is 256 Å². The number of amides is 1. The molecule has 710 valence electrons. The van der Waals surface area contributed by atoms with Crippen molar-refractivity contribution in [1.82, 2.24) is 94.2 Å². The molecular weight excluding hydrogens is 1930 g/mol. The third kappa shape index (κ3) is 24.2. The summed E-state index contributed by atoms with van der Waals surface area (Å²) in [5.74, 6) is 5.81. The molecular formula is C90H96N22O14S10. The fourth-order valence-corrected chi connectivity index (χ4v) is 23.9. The van der Waals surface area contributed by atoms with Gasteiger partial charge in [-0.25, -0.2) is 64.0 Å². The maximum absolute atomic E-state index is 12.7. The number of morpholine rings is 1. The van der Waals surface area contributed by atoms with Crippen molar-refractivity contribution in [2.24, 2.45) is 4.99 Å². The van der Waals surface area contributed by atoms with Crippen LogP contribution < -0.4 is 24.8 Å². The third-order valence-corrected chi connectivity index (χ3v) is 33.2. The van der Waals surface area contributed by atoms with Gasteiger partial charge in [0.15, 0.2) is 58.0 Å². The van der Waals surface area contributed by atoms with E-state index in [0.717, 1.165) is 116 Å². The van der Waals surface area contributed by atoms with Crippen LogP contribution in [0.4, 0.5) is 17.2 Å². The van der Waals surface area contributed by atoms with Crippen LogP contribution in [-0.2, 0) is 79.4 Å². The number of aromatic nitrogens is 18. The molecule has 0 spiro atoms. The largest absolute Gasteiger partial charge is 0.491 e. The van der Waals surface area contributed by atoms with Crippen molar-refractivity contribution in [3.05, 3.63) is 156 Å². The molecule has 16 aromatic rings. The van der Waals surface area contributed by atoms with Crippen molar-refractivity contribution in [3.8, 4) is 90.4 Å². The van der Waals surface area contributed by atoms with Gasteiger partial charge in [0.1, 0.15) is 88.9 Å². The monoisotopic (exact) mass is 2030 g/mol. The Morgan fingerprint density at radius 3 is 1.87 bits per heavy atom. The number of imidazole rings is 1. The lowest BCUT2D eigenvalue weighted by atomic mass is 10.1. The molecule has 1 aliphatic carbocycles. The standard InChI is InChI=1S/C21H23N5O3S2.C21H22N4O3S3.C18H20N4O3S.C16H11N5OS3.C14H20N4O4S/c1-4-10-31(27)21-24-18-17(15-6-5-7-16(11-15)29-9-8-28-3)23-20(25-19(18)30-21)26-12-14(2)22-13-26;1-3-12-31(26)21-16(22)15-17(13-4-6-14(7-5-13)28-10-9-27-2)24-18(25-19(15)30-21)20-23-8-11-29-20;1-5-10-26(24)18-20-13-14(17(23)22(3)4)19-15(21-16(13)25-18)12-8-6-11(2)7-9-12;22-25(9-4-5-9)16-20-12-11(10-3-1-2-6-17-10)19-13(21-14(12)24-16)15-18-7-8-23-15;1-20-7-8-23(19)11-9-10-12(16-11)13(17-14(15-10)21-2)18-3-5-22-6-4-18/h5-7,11-13H,4,8-10H2,1-3H3;4-8,11H,3,9-10,12,22H2,1-2H3;6-9H,5,10H2,1-4H3;1-3,6-9H,4-5H2;3-9H2,1-2H3. The van der Waals surface area contributed by atoms with Gasteiger partial charge in [0, 0.05) is 130 Å². The molecule has 2 aliphatic heterocycles. The number of nitrogens with zero attached hydrogens (tertiary/aromatic N) is 21. The number of carbonyl (C=O) groups excluding carboxylic acids is 1. The van der Waals surface area contributed by atoms with Crippen molar-refractivity contribution < 1.29 is 63.4 Å². The average Bonchev–Trinajstić information content (AvgIpc) is 1.60. The van der Waals surface area contributed by atoms with Crippen LogP contribution in [0.5, 0.6) is 17.5 Å². The molecule has 19 rings (SSSR count). The number of hydrogen-bond acceptors (Lipinski definition) is 39. The number of ether oxygens (including phenoxy) is 7. The number of methoxy groups -OCH3 is 4. The van der Waals surface area contributed by atoms with Gasteiger partial charge >= 0.3 is 6.01 Å². The highest BCUT2D eigenvalue weighted by molar-refractivity contribution is 8.00. The van der Waals surface area contributed by atoms with Crippen LogP contribution in [0.1, 0.15) is 80.3 Å².